The minimum Gasteiger partial charge on any atom is -0.119 e. The Morgan fingerprint density at radius 3 is 2.43 bits per heavy atom. The molecule has 0 radical (unpaired) electrons. The van der Waals surface area contributed by atoms with Crippen molar-refractivity contribution in [2.24, 2.45) is 5.41 Å². The zero-order valence-corrected chi connectivity index (χ0v) is 10.2. The topological polar surface area (TPSA) is 0 Å². The highest BCUT2D eigenvalue weighted by Crippen LogP contribution is 2.52. The molecule has 0 saturated carbocycles. The summed E-state index contributed by atoms with van der Waals surface area (Å²) in [7, 11) is 0. The van der Waals surface area contributed by atoms with Crippen LogP contribution in [0.1, 0.15) is 33.3 Å². The summed E-state index contributed by atoms with van der Waals surface area (Å²) in [6.45, 7) is 9.45. The van der Waals surface area contributed by atoms with Gasteiger partial charge in [-0.05, 0) is 37.3 Å². The first-order valence-electron chi connectivity index (χ1n) is 5.19. The van der Waals surface area contributed by atoms with Gasteiger partial charge in [0, 0.05) is 9.64 Å². The molecule has 0 nitrogen and oxygen atoms in total. The van der Waals surface area contributed by atoms with Crippen molar-refractivity contribution < 1.29 is 0 Å². The third-order valence-electron chi connectivity index (χ3n) is 3.60. The molecule has 0 unspecified atom stereocenters. The van der Waals surface area contributed by atoms with Crippen LogP contribution < -0.4 is 0 Å². The Labute approximate surface area is 91.1 Å². The molecule has 0 aliphatic carbocycles. The Kier molecular flexibility index (Phi) is 2.19. The maximum absolute atomic E-state index is 2.37. The molecule has 0 spiro atoms. The van der Waals surface area contributed by atoms with E-state index in [1.54, 1.807) is 0 Å². The lowest BCUT2D eigenvalue weighted by atomic mass is 9.75. The number of benzene rings is 1. The number of rotatable bonds is 0. The molecule has 1 aromatic carbocycles. The minimum absolute atomic E-state index is 0.335. The van der Waals surface area contributed by atoms with Crippen LogP contribution in [0, 0.1) is 5.41 Å². The first-order chi connectivity index (χ1) is 6.42. The zero-order chi connectivity index (χ0) is 10.4. The Morgan fingerprint density at radius 1 is 1.07 bits per heavy atom. The Morgan fingerprint density at radius 2 is 1.71 bits per heavy atom. The first-order valence-corrected chi connectivity index (χ1v) is 6.01. The van der Waals surface area contributed by atoms with Crippen LogP contribution in [0.15, 0.2) is 29.2 Å². The smallest absolute Gasteiger partial charge is 0.0205 e. The van der Waals surface area contributed by atoms with Gasteiger partial charge in [0.2, 0.25) is 0 Å². The summed E-state index contributed by atoms with van der Waals surface area (Å²) in [5.74, 6) is 0. The summed E-state index contributed by atoms with van der Waals surface area (Å²) < 4.78 is 0.335. The summed E-state index contributed by atoms with van der Waals surface area (Å²) in [6, 6.07) is 8.80. The number of hydrogen-bond acceptors (Lipinski definition) is 1. The molecule has 14 heavy (non-hydrogen) atoms. The van der Waals surface area contributed by atoms with E-state index in [0.29, 0.717) is 10.2 Å². The van der Waals surface area contributed by atoms with Crippen molar-refractivity contribution in [2.75, 3.05) is 0 Å². The van der Waals surface area contributed by atoms with E-state index in [2.05, 4.69) is 52.0 Å². The second kappa shape index (κ2) is 3.03. The Bertz CT molecular complexity index is 315. The van der Waals surface area contributed by atoms with E-state index in [1.807, 2.05) is 11.8 Å². The average molecular weight is 206 g/mol. The molecule has 0 fully saturated rings. The van der Waals surface area contributed by atoms with Gasteiger partial charge in [-0.25, -0.2) is 0 Å². The second-order valence-electron chi connectivity index (χ2n) is 5.28. The van der Waals surface area contributed by atoms with E-state index >= 15 is 0 Å². The lowest BCUT2D eigenvalue weighted by Crippen LogP contribution is -2.40. The fourth-order valence-corrected chi connectivity index (χ4v) is 3.17. The van der Waals surface area contributed by atoms with Gasteiger partial charge >= 0.3 is 0 Å². The van der Waals surface area contributed by atoms with Crippen molar-refractivity contribution in [3.8, 4) is 0 Å². The van der Waals surface area contributed by atoms with Crippen molar-refractivity contribution in [3.05, 3.63) is 29.8 Å². The summed E-state index contributed by atoms with van der Waals surface area (Å²) in [5, 5.41) is 0. The number of fused-ring (bicyclic) bond motifs is 1. The van der Waals surface area contributed by atoms with Crippen molar-refractivity contribution in [3.63, 3.8) is 0 Å². The van der Waals surface area contributed by atoms with E-state index in [4.69, 9.17) is 0 Å². The molecule has 0 amide bonds. The Hall–Kier alpha value is -0.430. The van der Waals surface area contributed by atoms with Crippen LogP contribution in [0.5, 0.6) is 0 Å². The fraction of sp³-hybridized carbons (Fsp3) is 0.538. The van der Waals surface area contributed by atoms with E-state index in [9.17, 15) is 0 Å². The van der Waals surface area contributed by atoms with Crippen molar-refractivity contribution in [2.45, 2.75) is 43.8 Å². The van der Waals surface area contributed by atoms with Gasteiger partial charge < -0.3 is 0 Å². The van der Waals surface area contributed by atoms with Gasteiger partial charge in [0.15, 0.2) is 0 Å². The van der Waals surface area contributed by atoms with Crippen LogP contribution >= 0.6 is 11.8 Å². The molecule has 2 rings (SSSR count). The van der Waals surface area contributed by atoms with Gasteiger partial charge in [-0.2, -0.15) is 0 Å². The maximum atomic E-state index is 2.37. The summed E-state index contributed by atoms with van der Waals surface area (Å²) in [4.78, 5) is 1.47. The normalized spacial score (nSPS) is 22.9. The highest BCUT2D eigenvalue weighted by atomic mass is 32.2. The van der Waals surface area contributed by atoms with Crippen molar-refractivity contribution in [1.82, 2.24) is 0 Å². The molecule has 1 aromatic rings. The second-order valence-corrected chi connectivity index (χ2v) is 6.95. The van der Waals surface area contributed by atoms with Gasteiger partial charge in [-0.15, -0.1) is 11.8 Å². The standard InChI is InChI=1S/C13H18S/c1-12(2)9-10-7-5-6-8-11(10)14-13(12,3)4/h5-8H,9H2,1-4H3. The average Bonchev–Trinajstić information content (AvgIpc) is 2.05. The molecule has 1 aliphatic rings. The third-order valence-corrected chi connectivity index (χ3v) is 5.28. The molecule has 0 N–H and O–H groups in total. The van der Waals surface area contributed by atoms with Crippen LogP contribution in [0.25, 0.3) is 0 Å². The molecule has 0 atom stereocenters. The number of hydrogen-bond donors (Lipinski definition) is 0. The summed E-state index contributed by atoms with van der Waals surface area (Å²) >= 11 is 2.02. The molecular weight excluding hydrogens is 188 g/mol. The zero-order valence-electron chi connectivity index (χ0n) is 9.42. The molecule has 0 aromatic heterocycles. The van der Waals surface area contributed by atoms with Gasteiger partial charge in [0.25, 0.3) is 0 Å². The van der Waals surface area contributed by atoms with Gasteiger partial charge in [0.1, 0.15) is 0 Å². The van der Waals surface area contributed by atoms with Crippen LogP contribution in [0.3, 0.4) is 0 Å². The fourth-order valence-electron chi connectivity index (χ4n) is 1.85. The van der Waals surface area contributed by atoms with Gasteiger partial charge in [-0.1, -0.05) is 32.0 Å². The van der Waals surface area contributed by atoms with E-state index < -0.39 is 0 Å². The van der Waals surface area contributed by atoms with E-state index in [0.717, 1.165) is 0 Å². The van der Waals surface area contributed by atoms with Crippen molar-refractivity contribution >= 4 is 11.8 Å². The third kappa shape index (κ3) is 1.48. The van der Waals surface area contributed by atoms with Gasteiger partial charge in [-0.3, -0.25) is 0 Å². The maximum Gasteiger partial charge on any atom is 0.0205 e. The summed E-state index contributed by atoms with van der Waals surface area (Å²) in [5.41, 5.74) is 1.90. The predicted octanol–water partition coefficient (Wildman–Crippen LogP) is 4.14. The van der Waals surface area contributed by atoms with Crippen LogP contribution in [0.4, 0.5) is 0 Å². The largest absolute Gasteiger partial charge is 0.119 e. The Balaban J connectivity index is 2.46. The first kappa shape index (κ1) is 10.1. The summed E-state index contributed by atoms with van der Waals surface area (Å²) in [6.07, 6.45) is 1.20. The molecule has 0 saturated heterocycles. The minimum atomic E-state index is 0.335. The lowest BCUT2D eigenvalue weighted by Gasteiger charge is -2.45. The molecule has 1 heterocycles. The van der Waals surface area contributed by atoms with Crippen LogP contribution in [0.2, 0.25) is 0 Å². The quantitative estimate of drug-likeness (QED) is 0.615. The van der Waals surface area contributed by atoms with Crippen LogP contribution in [-0.4, -0.2) is 4.75 Å². The highest BCUT2D eigenvalue weighted by Gasteiger charge is 2.41. The molecule has 1 aliphatic heterocycles. The molecule has 1 heteroatoms. The predicted molar refractivity (Wildman–Crippen MR) is 63.9 cm³/mol. The number of thioether (sulfide) groups is 1. The van der Waals surface area contributed by atoms with Crippen LogP contribution in [-0.2, 0) is 6.42 Å². The molecule has 0 bridgehead atoms. The van der Waals surface area contributed by atoms with E-state index in [1.165, 1.54) is 16.9 Å². The molecular formula is C13H18S. The van der Waals surface area contributed by atoms with E-state index in [-0.39, 0.29) is 0 Å². The van der Waals surface area contributed by atoms with Gasteiger partial charge in [0.05, 0.1) is 0 Å². The SMILES string of the molecule is CC1(C)Cc2ccccc2SC1(C)C. The van der Waals surface area contributed by atoms with Crippen molar-refractivity contribution in [1.29, 1.82) is 0 Å². The lowest BCUT2D eigenvalue weighted by molar-refractivity contribution is 0.273. The monoisotopic (exact) mass is 206 g/mol. The highest BCUT2D eigenvalue weighted by molar-refractivity contribution is 8.00. The molecule has 76 valence electrons.